The third-order valence-corrected chi connectivity index (χ3v) is 3.41. The highest BCUT2D eigenvalue weighted by Crippen LogP contribution is 2.37. The highest BCUT2D eigenvalue weighted by atomic mass is 19.1. The number of methoxy groups -OCH3 is 1. The van der Waals surface area contributed by atoms with Gasteiger partial charge in [0.2, 0.25) is 0 Å². The van der Waals surface area contributed by atoms with Crippen molar-refractivity contribution in [3.8, 4) is 23.0 Å². The third kappa shape index (κ3) is 2.94. The van der Waals surface area contributed by atoms with Crippen LogP contribution in [0.1, 0.15) is 5.56 Å². The van der Waals surface area contributed by atoms with E-state index in [0.29, 0.717) is 24.7 Å². The van der Waals surface area contributed by atoms with Crippen molar-refractivity contribution < 1.29 is 27.7 Å². The van der Waals surface area contributed by atoms with Gasteiger partial charge in [-0.2, -0.15) is 0 Å². The van der Waals surface area contributed by atoms with Gasteiger partial charge in [0.1, 0.15) is 31.5 Å². The van der Waals surface area contributed by atoms with E-state index in [0.717, 1.165) is 6.07 Å². The Labute approximate surface area is 131 Å². The van der Waals surface area contributed by atoms with E-state index in [4.69, 9.17) is 24.7 Å². The summed E-state index contributed by atoms with van der Waals surface area (Å²) in [5.41, 5.74) is 5.65. The molecule has 0 spiro atoms. The van der Waals surface area contributed by atoms with Crippen LogP contribution in [-0.2, 0) is 6.61 Å². The zero-order chi connectivity index (χ0) is 16.4. The molecule has 0 saturated carbocycles. The highest BCUT2D eigenvalue weighted by Gasteiger charge is 2.21. The maximum absolute atomic E-state index is 14.1. The minimum atomic E-state index is -0.616. The van der Waals surface area contributed by atoms with Crippen LogP contribution in [0.25, 0.3) is 0 Å². The van der Waals surface area contributed by atoms with Gasteiger partial charge in [-0.25, -0.2) is 8.78 Å². The summed E-state index contributed by atoms with van der Waals surface area (Å²) >= 11 is 0. The van der Waals surface area contributed by atoms with Gasteiger partial charge in [-0.3, -0.25) is 0 Å². The number of nitrogen functional groups attached to an aromatic ring is 1. The molecule has 2 aromatic rings. The van der Waals surface area contributed by atoms with Crippen molar-refractivity contribution in [2.45, 2.75) is 6.61 Å². The molecule has 0 aliphatic carbocycles. The van der Waals surface area contributed by atoms with E-state index in [2.05, 4.69) is 0 Å². The van der Waals surface area contributed by atoms with Crippen molar-refractivity contribution in [1.29, 1.82) is 0 Å². The van der Waals surface area contributed by atoms with E-state index < -0.39 is 11.6 Å². The molecule has 0 bridgehead atoms. The zero-order valence-corrected chi connectivity index (χ0v) is 12.4. The van der Waals surface area contributed by atoms with Crippen LogP contribution < -0.4 is 24.7 Å². The number of hydrogen-bond donors (Lipinski definition) is 1. The van der Waals surface area contributed by atoms with Crippen molar-refractivity contribution in [3.63, 3.8) is 0 Å². The van der Waals surface area contributed by atoms with Crippen LogP contribution in [-0.4, -0.2) is 20.3 Å². The number of rotatable bonds is 4. The van der Waals surface area contributed by atoms with Crippen molar-refractivity contribution in [2.24, 2.45) is 0 Å². The number of benzene rings is 2. The second kappa shape index (κ2) is 6.20. The van der Waals surface area contributed by atoms with Crippen LogP contribution in [0.4, 0.5) is 14.5 Å². The van der Waals surface area contributed by atoms with Gasteiger partial charge in [0.15, 0.2) is 23.0 Å². The molecule has 0 radical (unpaired) electrons. The predicted octanol–water partition coefficient (Wildman–Crippen LogP) is 2.91. The molecule has 5 nitrogen and oxygen atoms in total. The SMILES string of the molecule is COc1cc(F)c(N)cc1OCc1c(F)ccc2c1OCCO2. The van der Waals surface area contributed by atoms with Gasteiger partial charge in [0, 0.05) is 12.1 Å². The minimum Gasteiger partial charge on any atom is -0.493 e. The lowest BCUT2D eigenvalue weighted by Gasteiger charge is -2.21. The summed E-state index contributed by atoms with van der Waals surface area (Å²) < 4.78 is 49.0. The van der Waals surface area contributed by atoms with Gasteiger partial charge in [0.25, 0.3) is 0 Å². The monoisotopic (exact) mass is 323 g/mol. The summed E-state index contributed by atoms with van der Waals surface area (Å²) in [4.78, 5) is 0. The molecule has 1 aliphatic heterocycles. The molecular weight excluding hydrogens is 308 g/mol. The standard InChI is InChI=1S/C16H15F2NO4/c1-20-14-6-11(18)12(19)7-15(14)23-8-9-10(17)2-3-13-16(9)22-5-4-21-13/h2-3,6-7H,4-5,8,19H2,1H3. The first-order valence-corrected chi connectivity index (χ1v) is 6.93. The average molecular weight is 323 g/mol. The van der Waals surface area contributed by atoms with Crippen molar-refractivity contribution in [2.75, 3.05) is 26.1 Å². The maximum Gasteiger partial charge on any atom is 0.170 e. The normalized spacial score (nSPS) is 12.8. The Bertz CT molecular complexity index is 737. The molecule has 7 heteroatoms. The number of halogens is 2. The number of ether oxygens (including phenoxy) is 4. The van der Waals surface area contributed by atoms with E-state index >= 15 is 0 Å². The molecule has 0 aromatic heterocycles. The summed E-state index contributed by atoms with van der Waals surface area (Å²) in [6.07, 6.45) is 0. The molecule has 122 valence electrons. The molecule has 0 amide bonds. The summed E-state index contributed by atoms with van der Waals surface area (Å²) in [6, 6.07) is 5.19. The first-order valence-electron chi connectivity index (χ1n) is 6.93. The lowest BCUT2D eigenvalue weighted by Crippen LogP contribution is -2.17. The maximum atomic E-state index is 14.1. The fourth-order valence-corrected chi connectivity index (χ4v) is 2.26. The Hall–Kier alpha value is -2.70. The van der Waals surface area contributed by atoms with Gasteiger partial charge < -0.3 is 24.7 Å². The summed E-state index contributed by atoms with van der Waals surface area (Å²) in [5, 5.41) is 0. The van der Waals surface area contributed by atoms with Gasteiger partial charge in [-0.15, -0.1) is 0 Å². The number of hydrogen-bond acceptors (Lipinski definition) is 5. The van der Waals surface area contributed by atoms with Crippen molar-refractivity contribution >= 4 is 5.69 Å². The molecule has 0 atom stereocenters. The van der Waals surface area contributed by atoms with Crippen molar-refractivity contribution in [3.05, 3.63) is 41.5 Å². The predicted molar refractivity (Wildman–Crippen MR) is 79.1 cm³/mol. The molecule has 0 unspecified atom stereocenters. The lowest BCUT2D eigenvalue weighted by molar-refractivity contribution is 0.164. The summed E-state index contributed by atoms with van der Waals surface area (Å²) in [5.74, 6) is 0.0452. The Morgan fingerprint density at radius 3 is 2.65 bits per heavy atom. The molecule has 2 aromatic carbocycles. The fraction of sp³-hybridized carbons (Fsp3) is 0.250. The lowest BCUT2D eigenvalue weighted by atomic mass is 10.1. The van der Waals surface area contributed by atoms with Gasteiger partial charge in [-0.1, -0.05) is 0 Å². The van der Waals surface area contributed by atoms with Crippen LogP contribution in [0.2, 0.25) is 0 Å². The topological polar surface area (TPSA) is 62.9 Å². The fourth-order valence-electron chi connectivity index (χ4n) is 2.26. The molecular formula is C16H15F2NO4. The van der Waals surface area contributed by atoms with Crippen LogP contribution in [0.15, 0.2) is 24.3 Å². The Kier molecular flexibility index (Phi) is 4.10. The van der Waals surface area contributed by atoms with Crippen LogP contribution in [0.3, 0.4) is 0 Å². The van der Waals surface area contributed by atoms with Gasteiger partial charge >= 0.3 is 0 Å². The van der Waals surface area contributed by atoms with Crippen LogP contribution in [0, 0.1) is 11.6 Å². The zero-order valence-electron chi connectivity index (χ0n) is 12.4. The second-order valence-corrected chi connectivity index (χ2v) is 4.86. The Balaban J connectivity index is 1.88. The molecule has 1 aliphatic rings. The second-order valence-electron chi connectivity index (χ2n) is 4.86. The van der Waals surface area contributed by atoms with E-state index in [9.17, 15) is 8.78 Å². The van der Waals surface area contributed by atoms with E-state index in [-0.39, 0.29) is 29.4 Å². The van der Waals surface area contributed by atoms with Gasteiger partial charge in [-0.05, 0) is 12.1 Å². The Morgan fingerprint density at radius 2 is 1.87 bits per heavy atom. The van der Waals surface area contributed by atoms with Gasteiger partial charge in [0.05, 0.1) is 18.4 Å². The number of anilines is 1. The number of fused-ring (bicyclic) bond motifs is 1. The van der Waals surface area contributed by atoms with E-state index in [1.165, 1.54) is 25.3 Å². The highest BCUT2D eigenvalue weighted by molar-refractivity contribution is 5.53. The molecule has 3 rings (SSSR count). The van der Waals surface area contributed by atoms with E-state index in [1.807, 2.05) is 0 Å². The third-order valence-electron chi connectivity index (χ3n) is 3.41. The molecule has 0 saturated heterocycles. The first-order chi connectivity index (χ1) is 11.1. The quantitative estimate of drug-likeness (QED) is 0.877. The van der Waals surface area contributed by atoms with E-state index in [1.54, 1.807) is 0 Å². The largest absolute Gasteiger partial charge is 0.493 e. The molecule has 23 heavy (non-hydrogen) atoms. The minimum absolute atomic E-state index is 0.0871. The smallest absolute Gasteiger partial charge is 0.170 e. The molecule has 2 N–H and O–H groups in total. The first kappa shape index (κ1) is 15.2. The average Bonchev–Trinajstić information content (AvgIpc) is 2.56. The summed E-state index contributed by atoms with van der Waals surface area (Å²) in [7, 11) is 1.37. The van der Waals surface area contributed by atoms with Crippen molar-refractivity contribution in [1.82, 2.24) is 0 Å². The number of nitrogens with two attached hydrogens (primary N) is 1. The molecule has 1 heterocycles. The van der Waals surface area contributed by atoms with Crippen LogP contribution >= 0.6 is 0 Å². The summed E-state index contributed by atoms with van der Waals surface area (Å²) in [6.45, 7) is 0.595. The molecule has 0 fully saturated rings. The Morgan fingerprint density at radius 1 is 1.09 bits per heavy atom. The van der Waals surface area contributed by atoms with Crippen LogP contribution in [0.5, 0.6) is 23.0 Å².